The zero-order valence-corrected chi connectivity index (χ0v) is 30.4. The molecule has 5 nitrogen and oxygen atoms in total. The highest BCUT2D eigenvalue weighted by Gasteiger charge is 2.20. The maximum absolute atomic E-state index is 5.06. The molecule has 0 amide bonds. The summed E-state index contributed by atoms with van der Waals surface area (Å²) in [5.74, 6) is 2.03. The highest BCUT2D eigenvalue weighted by atomic mass is 15.0. The Morgan fingerprint density at radius 3 is 1.70 bits per heavy atom. The lowest BCUT2D eigenvalue weighted by Gasteiger charge is -2.12. The van der Waals surface area contributed by atoms with Crippen molar-refractivity contribution in [3.05, 3.63) is 156 Å². The number of hydrogen-bond donors (Lipinski definition) is 0. The summed E-state index contributed by atoms with van der Waals surface area (Å²) < 4.78 is 4.79. The van der Waals surface area contributed by atoms with Crippen molar-refractivity contribution in [1.82, 2.24) is 23.9 Å². The van der Waals surface area contributed by atoms with Crippen molar-refractivity contribution < 1.29 is 0 Å². The van der Waals surface area contributed by atoms with Crippen LogP contribution in [0.1, 0.15) is 22.3 Å². The average molecular weight is 684 g/mol. The first-order valence-electron chi connectivity index (χ1n) is 18.2. The van der Waals surface area contributed by atoms with E-state index >= 15 is 0 Å². The van der Waals surface area contributed by atoms with Gasteiger partial charge in [0.15, 0.2) is 17.5 Å². The molecule has 0 saturated heterocycles. The molecule has 10 aromatic rings. The van der Waals surface area contributed by atoms with E-state index in [2.05, 4.69) is 177 Å². The minimum atomic E-state index is 0.663. The number of benzene rings is 6. The van der Waals surface area contributed by atoms with Crippen molar-refractivity contribution in [1.29, 1.82) is 0 Å². The van der Waals surface area contributed by atoms with Gasteiger partial charge >= 0.3 is 0 Å². The maximum Gasteiger partial charge on any atom is 0.164 e. The van der Waals surface area contributed by atoms with Crippen LogP contribution < -0.4 is 0 Å². The molecule has 0 radical (unpaired) electrons. The predicted octanol–water partition coefficient (Wildman–Crippen LogP) is 12.0. The summed E-state index contributed by atoms with van der Waals surface area (Å²) in [5.41, 5.74) is 16.2. The molecule has 4 heterocycles. The van der Waals surface area contributed by atoms with E-state index in [9.17, 15) is 0 Å². The van der Waals surface area contributed by atoms with Crippen molar-refractivity contribution in [2.75, 3.05) is 0 Å². The number of fused-ring (bicyclic) bond motifs is 10. The molecule has 0 aliphatic rings. The zero-order chi connectivity index (χ0) is 36.0. The van der Waals surface area contributed by atoms with Gasteiger partial charge in [0.05, 0.1) is 22.1 Å². The predicted molar refractivity (Wildman–Crippen MR) is 220 cm³/mol. The van der Waals surface area contributed by atoms with Gasteiger partial charge in [-0.05, 0) is 80.3 Å². The van der Waals surface area contributed by atoms with Crippen LogP contribution in [0.25, 0.3) is 94.4 Å². The lowest BCUT2D eigenvalue weighted by Crippen LogP contribution is -2.02. The molecule has 0 aliphatic carbocycles. The Kier molecular flexibility index (Phi) is 6.89. The second kappa shape index (κ2) is 11.7. The number of aromatic nitrogens is 5. The summed E-state index contributed by atoms with van der Waals surface area (Å²) >= 11 is 0. The van der Waals surface area contributed by atoms with Crippen LogP contribution in [0.15, 0.2) is 133 Å². The van der Waals surface area contributed by atoms with E-state index in [0.29, 0.717) is 17.5 Å². The number of rotatable bonds is 4. The Morgan fingerprint density at radius 1 is 0.434 bits per heavy atom. The fraction of sp³-hybridized carbons (Fsp3) is 0.104. The molecule has 0 aliphatic heterocycles. The molecule has 0 unspecified atom stereocenters. The third kappa shape index (κ3) is 4.88. The summed E-state index contributed by atoms with van der Waals surface area (Å²) in [7, 11) is 2.19. The Bertz CT molecular complexity index is 3040. The van der Waals surface area contributed by atoms with Gasteiger partial charge < -0.3 is 8.97 Å². The molecule has 0 bridgehead atoms. The number of nitrogens with zero attached hydrogens (tertiary/aromatic N) is 5. The summed E-state index contributed by atoms with van der Waals surface area (Å²) in [6.45, 7) is 8.47. The minimum Gasteiger partial charge on any atom is -0.343 e. The molecule has 5 heteroatoms. The standard InChI is InChI=1S/C48H37N5/c1-28-14-21-36(30(3)24-28)47-49-46(50-48(51-47)37-22-15-29(2)25-31(37)4)33-18-16-32(17-19-33)34-20-23-41-39(26-34)44-43-27-35-10-6-8-12-40(35)53(43)42-13-9-7-11-38(42)45(44)52(41)5/h6-27H,1-5H3. The molecule has 10 rings (SSSR count). The van der Waals surface area contributed by atoms with Crippen molar-refractivity contribution in [2.45, 2.75) is 27.7 Å². The Balaban J connectivity index is 1.13. The molecule has 0 saturated carbocycles. The van der Waals surface area contributed by atoms with Gasteiger partial charge in [-0.15, -0.1) is 0 Å². The molecule has 0 atom stereocenters. The summed E-state index contributed by atoms with van der Waals surface area (Å²) in [4.78, 5) is 15.2. The molecule has 254 valence electrons. The van der Waals surface area contributed by atoms with E-state index < -0.39 is 0 Å². The fourth-order valence-electron chi connectivity index (χ4n) is 8.35. The van der Waals surface area contributed by atoms with E-state index in [1.807, 2.05) is 0 Å². The maximum atomic E-state index is 5.06. The van der Waals surface area contributed by atoms with Gasteiger partial charge in [-0.1, -0.05) is 114 Å². The van der Waals surface area contributed by atoms with Crippen LogP contribution in [-0.4, -0.2) is 23.9 Å². The molecular weight excluding hydrogens is 647 g/mol. The quantitative estimate of drug-likeness (QED) is 0.185. The summed E-state index contributed by atoms with van der Waals surface area (Å²) in [6.07, 6.45) is 0. The third-order valence-corrected chi connectivity index (χ3v) is 10.9. The highest BCUT2D eigenvalue weighted by molar-refractivity contribution is 6.25. The van der Waals surface area contributed by atoms with Crippen molar-refractivity contribution in [2.24, 2.45) is 7.05 Å². The molecule has 0 spiro atoms. The second-order valence-electron chi connectivity index (χ2n) is 14.5. The second-order valence-corrected chi connectivity index (χ2v) is 14.5. The van der Waals surface area contributed by atoms with Gasteiger partial charge in [0.1, 0.15) is 0 Å². The van der Waals surface area contributed by atoms with E-state index in [0.717, 1.165) is 33.4 Å². The third-order valence-electron chi connectivity index (χ3n) is 10.9. The molecule has 0 N–H and O–H groups in total. The summed E-state index contributed by atoms with van der Waals surface area (Å²) in [6, 6.07) is 48.2. The number of aryl methyl sites for hydroxylation is 5. The largest absolute Gasteiger partial charge is 0.343 e. The normalized spacial score (nSPS) is 11.9. The van der Waals surface area contributed by atoms with Crippen LogP contribution in [0.5, 0.6) is 0 Å². The lowest BCUT2D eigenvalue weighted by atomic mass is 10.0. The van der Waals surface area contributed by atoms with Gasteiger partial charge in [0.25, 0.3) is 0 Å². The van der Waals surface area contributed by atoms with Crippen LogP contribution in [0, 0.1) is 27.7 Å². The van der Waals surface area contributed by atoms with Gasteiger partial charge in [-0.3, -0.25) is 0 Å². The average Bonchev–Trinajstić information content (AvgIpc) is 3.70. The topological polar surface area (TPSA) is 48.0 Å². The first-order chi connectivity index (χ1) is 25.8. The number of hydrogen-bond acceptors (Lipinski definition) is 3. The molecule has 0 fully saturated rings. The van der Waals surface area contributed by atoms with Crippen molar-refractivity contribution in [3.8, 4) is 45.3 Å². The van der Waals surface area contributed by atoms with Gasteiger partial charge in [0.2, 0.25) is 0 Å². The monoisotopic (exact) mass is 683 g/mol. The first-order valence-corrected chi connectivity index (χ1v) is 18.2. The van der Waals surface area contributed by atoms with Crippen LogP contribution in [-0.2, 0) is 7.05 Å². The molecular formula is C48H37N5. The molecule has 6 aromatic carbocycles. The van der Waals surface area contributed by atoms with Crippen LogP contribution in [0.4, 0.5) is 0 Å². The van der Waals surface area contributed by atoms with Gasteiger partial charge in [0, 0.05) is 50.8 Å². The van der Waals surface area contributed by atoms with Crippen molar-refractivity contribution in [3.63, 3.8) is 0 Å². The van der Waals surface area contributed by atoms with Crippen LogP contribution in [0.3, 0.4) is 0 Å². The number of para-hydroxylation sites is 2. The minimum absolute atomic E-state index is 0.663. The van der Waals surface area contributed by atoms with Gasteiger partial charge in [-0.2, -0.15) is 0 Å². The Hall–Kier alpha value is -6.59. The summed E-state index contributed by atoms with van der Waals surface area (Å²) in [5, 5.41) is 5.02. The highest BCUT2D eigenvalue weighted by Crippen LogP contribution is 2.41. The van der Waals surface area contributed by atoms with Crippen LogP contribution >= 0.6 is 0 Å². The Morgan fingerprint density at radius 2 is 1.02 bits per heavy atom. The fourth-order valence-corrected chi connectivity index (χ4v) is 8.35. The van der Waals surface area contributed by atoms with Crippen LogP contribution in [0.2, 0.25) is 0 Å². The zero-order valence-electron chi connectivity index (χ0n) is 30.4. The van der Waals surface area contributed by atoms with E-state index in [-0.39, 0.29) is 0 Å². The van der Waals surface area contributed by atoms with E-state index in [1.54, 1.807) is 0 Å². The lowest BCUT2D eigenvalue weighted by molar-refractivity contribution is 1.02. The smallest absolute Gasteiger partial charge is 0.164 e. The van der Waals surface area contributed by atoms with Gasteiger partial charge in [-0.25, -0.2) is 15.0 Å². The van der Waals surface area contributed by atoms with E-state index in [1.165, 1.54) is 65.8 Å². The Labute approximate surface area is 307 Å². The SMILES string of the molecule is Cc1ccc(-c2nc(-c3ccc(-c4ccc5c(c4)c4c(c6ccccc6n6c7ccccc7cc46)n5C)cc3)nc(-c3ccc(C)cc3C)n2)c(C)c1. The first kappa shape index (κ1) is 31.2. The van der Waals surface area contributed by atoms with E-state index in [4.69, 9.17) is 15.0 Å². The molecule has 4 aromatic heterocycles. The molecule has 53 heavy (non-hydrogen) atoms. The van der Waals surface area contributed by atoms with Crippen molar-refractivity contribution >= 4 is 49.1 Å². The number of pyridine rings is 1.